The number of thiazole rings is 1. The highest BCUT2D eigenvalue weighted by Gasteiger charge is 2.32. The van der Waals surface area contributed by atoms with Crippen LogP contribution < -0.4 is 16.0 Å². The van der Waals surface area contributed by atoms with Crippen LogP contribution >= 0.6 is 11.3 Å². The predicted molar refractivity (Wildman–Crippen MR) is 128 cm³/mol. The molecule has 184 valence electrons. The van der Waals surface area contributed by atoms with Gasteiger partial charge in [0.2, 0.25) is 11.8 Å². The van der Waals surface area contributed by atoms with E-state index in [0.717, 1.165) is 25.0 Å². The zero-order chi connectivity index (χ0) is 24.8. The maximum absolute atomic E-state index is 13.4. The van der Waals surface area contributed by atoms with Gasteiger partial charge in [-0.3, -0.25) is 9.59 Å². The lowest BCUT2D eigenvalue weighted by Crippen LogP contribution is -2.35. The Morgan fingerprint density at radius 2 is 1.89 bits per heavy atom. The van der Waals surface area contributed by atoms with Gasteiger partial charge in [-0.15, -0.1) is 5.10 Å². The highest BCUT2D eigenvalue weighted by Crippen LogP contribution is 2.32. The van der Waals surface area contributed by atoms with Gasteiger partial charge in [0.25, 0.3) is 0 Å². The van der Waals surface area contributed by atoms with Crippen LogP contribution in [0.5, 0.6) is 0 Å². The van der Waals surface area contributed by atoms with Crippen LogP contribution in [0.4, 0.5) is 19.6 Å². The number of fused-ring (bicyclic) bond motifs is 1. The third kappa shape index (κ3) is 4.54. The van der Waals surface area contributed by atoms with Crippen LogP contribution in [-0.2, 0) is 9.59 Å². The first-order valence-electron chi connectivity index (χ1n) is 11.4. The Morgan fingerprint density at radius 1 is 1.03 bits per heavy atom. The number of hydrogen-bond donors (Lipinski definition) is 3. The minimum atomic E-state index is -1.02. The third-order valence-corrected chi connectivity index (χ3v) is 7.07. The van der Waals surface area contributed by atoms with Crippen molar-refractivity contribution in [1.29, 1.82) is 0 Å². The zero-order valence-corrected chi connectivity index (χ0v) is 19.6. The lowest BCUT2D eigenvalue weighted by Gasteiger charge is -2.11. The first-order valence-corrected chi connectivity index (χ1v) is 12.2. The van der Waals surface area contributed by atoms with Gasteiger partial charge >= 0.3 is 0 Å². The predicted octanol–water partition coefficient (Wildman–Crippen LogP) is 3.12. The summed E-state index contributed by atoms with van der Waals surface area (Å²) in [5, 5.41) is 17.6. The molecule has 0 bridgehead atoms. The van der Waals surface area contributed by atoms with Crippen LogP contribution in [0.25, 0.3) is 21.7 Å². The molecule has 2 aliphatic rings. The monoisotopic (exact) mass is 510 g/mol. The normalized spacial score (nSPS) is 19.5. The molecule has 4 aromatic rings. The molecule has 0 radical (unpaired) electrons. The standard InChI is InChI=1S/C23H20F2N8O2S/c24-14-4-3-12(7-15(14)25)27-21(35)18-8-13(9-26-18)33-10-19(31-32-33)16-5-6-17-22(28-16)36-23(29-17)30-20(34)11-1-2-11/h3-7,10-11,13,18,26H,1-2,8-9H2,(H,27,35)(H,29,30,34)/t13-,18-/m0/s1. The maximum Gasteiger partial charge on any atom is 0.241 e. The number of benzene rings is 1. The van der Waals surface area contributed by atoms with Crippen molar-refractivity contribution in [3.8, 4) is 11.4 Å². The van der Waals surface area contributed by atoms with E-state index in [1.807, 2.05) is 6.07 Å². The van der Waals surface area contributed by atoms with E-state index in [9.17, 15) is 18.4 Å². The molecule has 13 heteroatoms. The number of nitrogens with zero attached hydrogens (tertiary/aromatic N) is 5. The third-order valence-electron chi connectivity index (χ3n) is 6.19. The van der Waals surface area contributed by atoms with E-state index in [-0.39, 0.29) is 29.5 Å². The molecule has 2 amide bonds. The molecule has 2 atom stereocenters. The first-order chi connectivity index (χ1) is 17.4. The zero-order valence-electron chi connectivity index (χ0n) is 18.7. The maximum atomic E-state index is 13.4. The van der Waals surface area contributed by atoms with Crippen LogP contribution in [0.2, 0.25) is 0 Å². The molecule has 2 fully saturated rings. The lowest BCUT2D eigenvalue weighted by molar-refractivity contribution is -0.118. The summed E-state index contributed by atoms with van der Waals surface area (Å²) in [7, 11) is 0. The second kappa shape index (κ2) is 8.99. The van der Waals surface area contributed by atoms with Crippen molar-refractivity contribution in [3.63, 3.8) is 0 Å². The molecule has 1 aliphatic heterocycles. The number of amides is 2. The molecule has 36 heavy (non-hydrogen) atoms. The van der Waals surface area contributed by atoms with Crippen molar-refractivity contribution in [1.82, 2.24) is 30.3 Å². The fourth-order valence-electron chi connectivity index (χ4n) is 4.06. The van der Waals surface area contributed by atoms with E-state index in [1.165, 1.54) is 17.4 Å². The Balaban J connectivity index is 1.12. The Hall–Kier alpha value is -3.84. The smallest absolute Gasteiger partial charge is 0.241 e. The summed E-state index contributed by atoms with van der Waals surface area (Å²) in [5.41, 5.74) is 2.07. The van der Waals surface area contributed by atoms with E-state index in [4.69, 9.17) is 0 Å². The highest BCUT2D eigenvalue weighted by atomic mass is 32.1. The quantitative estimate of drug-likeness (QED) is 0.364. The van der Waals surface area contributed by atoms with Gasteiger partial charge in [-0.25, -0.2) is 23.4 Å². The second-order valence-electron chi connectivity index (χ2n) is 8.86. The fourth-order valence-corrected chi connectivity index (χ4v) is 4.90. The van der Waals surface area contributed by atoms with Crippen molar-refractivity contribution < 1.29 is 18.4 Å². The van der Waals surface area contributed by atoms with Gasteiger partial charge in [0.1, 0.15) is 16.0 Å². The fraction of sp³-hybridized carbons (Fsp3) is 0.304. The number of carbonyl (C=O) groups excluding carboxylic acids is 2. The molecule has 1 aliphatic carbocycles. The molecular formula is C23H20F2N8O2S. The summed E-state index contributed by atoms with van der Waals surface area (Å²) in [6, 6.07) is 6.21. The van der Waals surface area contributed by atoms with Crippen LogP contribution in [0, 0.1) is 17.6 Å². The van der Waals surface area contributed by atoms with Crippen molar-refractivity contribution in [2.45, 2.75) is 31.3 Å². The molecule has 6 rings (SSSR count). The van der Waals surface area contributed by atoms with Crippen molar-refractivity contribution in [2.24, 2.45) is 5.92 Å². The summed E-state index contributed by atoms with van der Waals surface area (Å²) < 4.78 is 28.2. The summed E-state index contributed by atoms with van der Waals surface area (Å²) in [4.78, 5) is 34.3. The Kier molecular flexibility index (Phi) is 5.64. The van der Waals surface area contributed by atoms with Crippen molar-refractivity contribution in [3.05, 3.63) is 48.2 Å². The molecular weight excluding hydrogens is 490 g/mol. The molecule has 1 aromatic carbocycles. The van der Waals surface area contributed by atoms with E-state index in [1.54, 1.807) is 16.9 Å². The largest absolute Gasteiger partial charge is 0.325 e. The van der Waals surface area contributed by atoms with E-state index < -0.39 is 17.7 Å². The molecule has 3 N–H and O–H groups in total. The molecule has 1 saturated heterocycles. The number of hydrogen-bond acceptors (Lipinski definition) is 8. The molecule has 0 spiro atoms. The van der Waals surface area contributed by atoms with Gasteiger partial charge in [-0.1, -0.05) is 16.6 Å². The summed E-state index contributed by atoms with van der Waals surface area (Å²) >= 11 is 1.31. The first kappa shape index (κ1) is 22.6. The summed E-state index contributed by atoms with van der Waals surface area (Å²) in [6.45, 7) is 0.490. The number of nitrogens with one attached hydrogen (secondary N) is 3. The van der Waals surface area contributed by atoms with Crippen LogP contribution in [-0.4, -0.2) is 49.4 Å². The number of anilines is 2. The molecule has 1 saturated carbocycles. The number of aromatic nitrogens is 5. The molecule has 4 heterocycles. The average molecular weight is 511 g/mol. The molecule has 0 unspecified atom stereocenters. The SMILES string of the molecule is O=C(Nc1nc2ccc(-c3cn([C@@H]4CN[C@H](C(=O)Nc5ccc(F)c(F)c5)C4)nn3)nc2s1)C1CC1. The van der Waals surface area contributed by atoms with Crippen LogP contribution in [0.3, 0.4) is 0 Å². The number of halogens is 2. The van der Waals surface area contributed by atoms with E-state index >= 15 is 0 Å². The van der Waals surface area contributed by atoms with Gasteiger partial charge in [-0.2, -0.15) is 0 Å². The molecule has 10 nitrogen and oxygen atoms in total. The van der Waals surface area contributed by atoms with E-state index in [0.29, 0.717) is 39.8 Å². The minimum Gasteiger partial charge on any atom is -0.325 e. The summed E-state index contributed by atoms with van der Waals surface area (Å²) in [5.74, 6) is -2.24. The Bertz CT molecular complexity index is 1480. The highest BCUT2D eigenvalue weighted by molar-refractivity contribution is 7.22. The average Bonchev–Trinajstić information content (AvgIpc) is 3.24. The second-order valence-corrected chi connectivity index (χ2v) is 9.83. The lowest BCUT2D eigenvalue weighted by atomic mass is 10.1. The Morgan fingerprint density at radius 3 is 2.69 bits per heavy atom. The minimum absolute atomic E-state index is 0.000731. The van der Waals surface area contributed by atoms with Gasteiger partial charge in [0.05, 0.1) is 24.0 Å². The number of carbonyl (C=O) groups is 2. The van der Waals surface area contributed by atoms with Crippen molar-refractivity contribution >= 4 is 44.3 Å². The van der Waals surface area contributed by atoms with E-state index in [2.05, 4.69) is 36.2 Å². The van der Waals surface area contributed by atoms with Crippen molar-refractivity contribution in [2.75, 3.05) is 17.2 Å². The van der Waals surface area contributed by atoms with Gasteiger partial charge in [0, 0.05) is 24.2 Å². The van der Waals surface area contributed by atoms with Gasteiger partial charge in [-0.05, 0) is 43.5 Å². The summed E-state index contributed by atoms with van der Waals surface area (Å²) in [6.07, 6.45) is 4.06. The number of pyridine rings is 1. The number of rotatable bonds is 6. The topological polar surface area (TPSA) is 127 Å². The van der Waals surface area contributed by atoms with Crippen LogP contribution in [0.1, 0.15) is 25.3 Å². The van der Waals surface area contributed by atoms with Gasteiger partial charge < -0.3 is 16.0 Å². The van der Waals surface area contributed by atoms with Crippen LogP contribution in [0.15, 0.2) is 36.5 Å². The van der Waals surface area contributed by atoms with Gasteiger partial charge in [0.15, 0.2) is 16.8 Å². The molecule has 3 aromatic heterocycles. The Labute approximate surface area is 207 Å².